The molecule has 0 saturated carbocycles. The van der Waals surface area contributed by atoms with Crippen molar-refractivity contribution in [3.8, 4) is 0 Å². The second-order valence-corrected chi connectivity index (χ2v) is 3.45. The van der Waals surface area contributed by atoms with Gasteiger partial charge in [0.1, 0.15) is 5.82 Å². The molecule has 0 atom stereocenters. The highest BCUT2D eigenvalue weighted by Crippen LogP contribution is 2.24. The maximum atomic E-state index is 12.7. The lowest BCUT2D eigenvalue weighted by molar-refractivity contribution is 0.620. The molecule has 0 radical (unpaired) electrons. The molecule has 0 spiro atoms. The van der Waals surface area contributed by atoms with E-state index < -0.39 is 0 Å². The Hall–Kier alpha value is 0.170. The first-order chi connectivity index (χ1) is 4.63. The van der Waals surface area contributed by atoms with Crippen molar-refractivity contribution in [2.75, 3.05) is 0 Å². The zero-order valence-corrected chi connectivity index (χ0v) is 8.20. The first-order valence-electron chi connectivity index (χ1n) is 2.73. The van der Waals surface area contributed by atoms with E-state index in [0.29, 0.717) is 8.59 Å². The molecule has 0 bridgehead atoms. The van der Waals surface area contributed by atoms with Crippen molar-refractivity contribution >= 4 is 34.2 Å². The minimum absolute atomic E-state index is 0.254. The van der Waals surface area contributed by atoms with E-state index in [1.165, 1.54) is 6.07 Å². The van der Waals surface area contributed by atoms with Gasteiger partial charge < -0.3 is 0 Å². The number of benzene rings is 1. The first kappa shape index (κ1) is 8.27. The Morgan fingerprint density at radius 1 is 1.50 bits per heavy atom. The van der Waals surface area contributed by atoms with Crippen LogP contribution in [0.2, 0.25) is 5.02 Å². The van der Waals surface area contributed by atoms with Crippen LogP contribution < -0.4 is 0 Å². The van der Waals surface area contributed by atoms with Crippen molar-refractivity contribution in [2.24, 2.45) is 0 Å². The molecule has 0 aliphatic heterocycles. The van der Waals surface area contributed by atoms with Crippen molar-refractivity contribution < 1.29 is 4.39 Å². The van der Waals surface area contributed by atoms with E-state index >= 15 is 0 Å². The molecule has 10 heavy (non-hydrogen) atoms. The van der Waals surface area contributed by atoms with Gasteiger partial charge >= 0.3 is 0 Å². The van der Waals surface area contributed by atoms with Gasteiger partial charge in [-0.3, -0.25) is 0 Å². The van der Waals surface area contributed by atoms with Crippen LogP contribution in [0.5, 0.6) is 0 Å². The van der Waals surface area contributed by atoms with Crippen LogP contribution in [-0.2, 0) is 0 Å². The van der Waals surface area contributed by atoms with Crippen molar-refractivity contribution in [2.45, 2.75) is 6.92 Å². The topological polar surface area (TPSA) is 0 Å². The quantitative estimate of drug-likeness (QED) is 0.501. The average molecular weight is 270 g/mol. The molecule has 1 aromatic rings. The average Bonchev–Trinajstić information content (AvgIpc) is 1.93. The Kier molecular flexibility index (Phi) is 2.52. The molecule has 0 fully saturated rings. The third-order valence-corrected chi connectivity index (χ3v) is 3.09. The lowest BCUT2D eigenvalue weighted by Gasteiger charge is -1.99. The highest BCUT2D eigenvalue weighted by Gasteiger charge is 2.04. The van der Waals surface area contributed by atoms with Crippen LogP contribution >= 0.6 is 34.2 Å². The number of rotatable bonds is 0. The first-order valence-corrected chi connectivity index (χ1v) is 4.18. The van der Waals surface area contributed by atoms with Crippen LogP contribution in [0.25, 0.3) is 0 Å². The van der Waals surface area contributed by atoms with Crippen molar-refractivity contribution in [1.82, 2.24) is 0 Å². The second kappa shape index (κ2) is 3.05. The van der Waals surface area contributed by atoms with Crippen molar-refractivity contribution in [3.63, 3.8) is 0 Å². The van der Waals surface area contributed by atoms with Crippen LogP contribution in [0.3, 0.4) is 0 Å². The third-order valence-electron chi connectivity index (χ3n) is 1.23. The minimum atomic E-state index is -0.254. The Labute approximate surface area is 77.5 Å². The van der Waals surface area contributed by atoms with Gasteiger partial charge in [-0.1, -0.05) is 17.7 Å². The molecule has 0 nitrogen and oxygen atoms in total. The largest absolute Gasteiger partial charge is 0.206 e. The molecule has 1 rings (SSSR count). The number of aryl methyl sites for hydroxylation is 1. The fraction of sp³-hybridized carbons (Fsp3) is 0.143. The van der Waals surface area contributed by atoms with Crippen molar-refractivity contribution in [3.05, 3.63) is 32.1 Å². The van der Waals surface area contributed by atoms with E-state index in [-0.39, 0.29) is 5.82 Å². The van der Waals surface area contributed by atoms with E-state index in [2.05, 4.69) is 0 Å². The molecule has 0 aliphatic carbocycles. The van der Waals surface area contributed by atoms with Crippen LogP contribution in [0.4, 0.5) is 4.39 Å². The normalized spacial score (nSPS) is 10.0. The molecule has 0 aromatic heterocycles. The Bertz CT molecular complexity index is 233. The van der Waals surface area contributed by atoms with Crippen LogP contribution in [0.1, 0.15) is 5.56 Å². The van der Waals surface area contributed by atoms with E-state index in [1.54, 1.807) is 6.07 Å². The highest BCUT2D eigenvalue weighted by atomic mass is 127. The van der Waals surface area contributed by atoms with Gasteiger partial charge in [-0.15, -0.1) is 0 Å². The van der Waals surface area contributed by atoms with E-state index in [4.69, 9.17) is 11.6 Å². The fourth-order valence-electron chi connectivity index (χ4n) is 0.622. The summed E-state index contributed by atoms with van der Waals surface area (Å²) in [6, 6.07) is 3.09. The zero-order chi connectivity index (χ0) is 7.72. The summed E-state index contributed by atoms with van der Waals surface area (Å²) in [5, 5.41) is 0.514. The lowest BCUT2D eigenvalue weighted by Crippen LogP contribution is -1.85. The van der Waals surface area contributed by atoms with Gasteiger partial charge in [-0.05, 0) is 41.1 Å². The summed E-state index contributed by atoms with van der Waals surface area (Å²) < 4.78 is 13.2. The molecule has 0 N–H and O–H groups in total. The predicted octanol–water partition coefficient (Wildman–Crippen LogP) is 3.39. The maximum absolute atomic E-state index is 12.7. The summed E-state index contributed by atoms with van der Waals surface area (Å²) in [5.41, 5.74) is 0.910. The number of hydrogen-bond acceptors (Lipinski definition) is 0. The maximum Gasteiger partial charge on any atom is 0.138 e. The van der Waals surface area contributed by atoms with Crippen LogP contribution in [-0.4, -0.2) is 0 Å². The number of hydrogen-bond donors (Lipinski definition) is 0. The van der Waals surface area contributed by atoms with Gasteiger partial charge in [-0.2, -0.15) is 0 Å². The second-order valence-electron chi connectivity index (χ2n) is 1.99. The molecular weight excluding hydrogens is 265 g/mol. The smallest absolute Gasteiger partial charge is 0.138 e. The predicted molar refractivity (Wildman–Crippen MR) is 48.9 cm³/mol. The lowest BCUT2D eigenvalue weighted by atomic mass is 10.2. The van der Waals surface area contributed by atoms with E-state index in [9.17, 15) is 4.39 Å². The molecular formula is C7H5ClFI. The molecule has 1 aromatic carbocycles. The molecule has 0 amide bonds. The molecule has 0 saturated heterocycles. The van der Waals surface area contributed by atoms with Crippen molar-refractivity contribution in [1.29, 1.82) is 0 Å². The fourth-order valence-corrected chi connectivity index (χ4v) is 1.38. The Balaban J connectivity index is 3.34. The zero-order valence-electron chi connectivity index (χ0n) is 5.29. The monoisotopic (exact) mass is 270 g/mol. The van der Waals surface area contributed by atoms with E-state index in [0.717, 1.165) is 5.56 Å². The SMILES string of the molecule is Cc1ccc(F)c(I)c1Cl. The summed E-state index contributed by atoms with van der Waals surface area (Å²) in [5.74, 6) is -0.254. The molecule has 54 valence electrons. The molecule has 3 heteroatoms. The van der Waals surface area contributed by atoms with Crippen LogP contribution in [0, 0.1) is 16.3 Å². The van der Waals surface area contributed by atoms with Gasteiger partial charge in [-0.25, -0.2) is 4.39 Å². The summed E-state index contributed by atoms with van der Waals surface area (Å²) in [6.45, 7) is 1.85. The van der Waals surface area contributed by atoms with Gasteiger partial charge in [0.05, 0.1) is 8.59 Å². The van der Waals surface area contributed by atoms with Gasteiger partial charge in [0.2, 0.25) is 0 Å². The van der Waals surface area contributed by atoms with Crippen LogP contribution in [0.15, 0.2) is 12.1 Å². The van der Waals surface area contributed by atoms with Gasteiger partial charge in [0.15, 0.2) is 0 Å². The Morgan fingerprint density at radius 3 is 2.60 bits per heavy atom. The highest BCUT2D eigenvalue weighted by molar-refractivity contribution is 14.1. The summed E-state index contributed by atoms with van der Waals surface area (Å²) in [7, 11) is 0. The van der Waals surface area contributed by atoms with Gasteiger partial charge in [0, 0.05) is 0 Å². The summed E-state index contributed by atoms with van der Waals surface area (Å²) in [4.78, 5) is 0. The number of halogens is 3. The summed E-state index contributed by atoms with van der Waals surface area (Å²) in [6.07, 6.45) is 0. The Morgan fingerprint density at radius 2 is 2.10 bits per heavy atom. The molecule has 0 unspecified atom stereocenters. The van der Waals surface area contributed by atoms with E-state index in [1.807, 2.05) is 29.5 Å². The third kappa shape index (κ3) is 1.42. The molecule has 0 heterocycles. The summed E-state index contributed by atoms with van der Waals surface area (Å²) >= 11 is 7.62. The minimum Gasteiger partial charge on any atom is -0.206 e. The van der Waals surface area contributed by atoms with Gasteiger partial charge in [0.25, 0.3) is 0 Å². The standard InChI is InChI=1S/C7H5ClFI/c1-4-2-3-5(9)7(10)6(4)8/h2-3H,1H3. The molecule has 0 aliphatic rings.